The van der Waals surface area contributed by atoms with E-state index in [4.69, 9.17) is 9.47 Å². The van der Waals surface area contributed by atoms with Crippen molar-refractivity contribution in [3.63, 3.8) is 0 Å². The van der Waals surface area contributed by atoms with E-state index in [0.717, 1.165) is 11.3 Å². The zero-order valence-corrected chi connectivity index (χ0v) is 14.0. The number of benzene rings is 1. The summed E-state index contributed by atoms with van der Waals surface area (Å²) in [5.41, 5.74) is 0.170. The van der Waals surface area contributed by atoms with E-state index in [9.17, 15) is 10.2 Å². The van der Waals surface area contributed by atoms with Gasteiger partial charge < -0.3 is 19.7 Å². The van der Waals surface area contributed by atoms with Crippen molar-refractivity contribution < 1.29 is 19.7 Å². The maximum absolute atomic E-state index is 10.9. The fraction of sp³-hybridized carbons (Fsp3) is 0.647. The molecule has 0 spiro atoms. The molecule has 2 N–H and O–H groups in total. The molecule has 5 nitrogen and oxygen atoms in total. The Bertz CT molecular complexity index is 515. The van der Waals surface area contributed by atoms with Gasteiger partial charge in [-0.05, 0) is 52.9 Å². The average molecular weight is 309 g/mol. The normalized spacial score (nSPS) is 23.3. The third-order valence-corrected chi connectivity index (χ3v) is 3.98. The quantitative estimate of drug-likeness (QED) is 0.871. The van der Waals surface area contributed by atoms with Gasteiger partial charge in [0.25, 0.3) is 0 Å². The Labute approximate surface area is 132 Å². The lowest BCUT2D eigenvalue weighted by atomic mass is 9.85. The van der Waals surface area contributed by atoms with Crippen LogP contribution in [0.4, 0.5) is 0 Å². The summed E-state index contributed by atoms with van der Waals surface area (Å²) in [6.07, 6.45) is -0.630. The number of fused-ring (bicyclic) bond motifs is 1. The fourth-order valence-corrected chi connectivity index (χ4v) is 3.16. The van der Waals surface area contributed by atoms with Gasteiger partial charge in [0.1, 0.15) is 23.2 Å². The lowest BCUT2D eigenvalue weighted by molar-refractivity contribution is -0.0774. The standard InChI is InChI=1S/C17H27NO4/c1-11(2)21-12-6-7-14-13(10-12)15(20)16(17(3,4)22-14)18(5)8-9-19/h6-7,10-11,15-16,19-20H,8-9H2,1-5H3. The SMILES string of the molecule is CC(C)Oc1ccc2c(c1)C(O)C(N(C)CCO)C(C)(C)O2. The van der Waals surface area contributed by atoms with Gasteiger partial charge in [-0.15, -0.1) is 0 Å². The van der Waals surface area contributed by atoms with E-state index in [1.165, 1.54) is 0 Å². The summed E-state index contributed by atoms with van der Waals surface area (Å²) in [5.74, 6) is 1.40. The van der Waals surface area contributed by atoms with Gasteiger partial charge in [-0.1, -0.05) is 0 Å². The topological polar surface area (TPSA) is 62.2 Å². The number of rotatable bonds is 5. The van der Waals surface area contributed by atoms with Gasteiger partial charge in [0.15, 0.2) is 0 Å². The molecule has 0 fully saturated rings. The Balaban J connectivity index is 2.36. The van der Waals surface area contributed by atoms with E-state index in [-0.39, 0.29) is 18.8 Å². The van der Waals surface area contributed by atoms with Crippen LogP contribution in [0.1, 0.15) is 39.4 Å². The van der Waals surface area contributed by atoms with E-state index >= 15 is 0 Å². The van der Waals surface area contributed by atoms with Crippen molar-refractivity contribution in [2.45, 2.75) is 51.5 Å². The third kappa shape index (κ3) is 3.37. The van der Waals surface area contributed by atoms with Crippen LogP contribution in [0.5, 0.6) is 11.5 Å². The summed E-state index contributed by atoms with van der Waals surface area (Å²) in [7, 11) is 1.88. The number of nitrogens with zero attached hydrogens (tertiary/aromatic N) is 1. The minimum atomic E-state index is -0.703. The molecule has 0 saturated heterocycles. The van der Waals surface area contributed by atoms with Crippen molar-refractivity contribution in [1.82, 2.24) is 4.90 Å². The van der Waals surface area contributed by atoms with E-state index in [0.29, 0.717) is 12.3 Å². The van der Waals surface area contributed by atoms with Crippen molar-refractivity contribution in [2.75, 3.05) is 20.2 Å². The number of hydrogen-bond donors (Lipinski definition) is 2. The highest BCUT2D eigenvalue weighted by Crippen LogP contribution is 2.43. The Morgan fingerprint density at radius 1 is 1.36 bits per heavy atom. The van der Waals surface area contributed by atoms with Crippen molar-refractivity contribution in [3.05, 3.63) is 23.8 Å². The lowest BCUT2D eigenvalue weighted by Crippen LogP contribution is -2.57. The zero-order chi connectivity index (χ0) is 16.5. The highest BCUT2D eigenvalue weighted by Gasteiger charge is 2.45. The molecule has 0 aromatic heterocycles. The Morgan fingerprint density at radius 3 is 2.64 bits per heavy atom. The minimum Gasteiger partial charge on any atom is -0.491 e. The molecule has 22 heavy (non-hydrogen) atoms. The Morgan fingerprint density at radius 2 is 2.05 bits per heavy atom. The molecule has 0 bridgehead atoms. The molecule has 1 aromatic carbocycles. The zero-order valence-electron chi connectivity index (χ0n) is 14.0. The van der Waals surface area contributed by atoms with Crippen LogP contribution in [0.2, 0.25) is 0 Å². The Kier molecular flexibility index (Phi) is 5.00. The highest BCUT2D eigenvalue weighted by molar-refractivity contribution is 5.45. The van der Waals surface area contributed by atoms with E-state index in [1.807, 2.05) is 57.8 Å². The molecule has 2 unspecified atom stereocenters. The molecule has 124 valence electrons. The second kappa shape index (κ2) is 6.44. The predicted molar refractivity (Wildman–Crippen MR) is 85.4 cm³/mol. The number of hydrogen-bond acceptors (Lipinski definition) is 5. The van der Waals surface area contributed by atoms with Gasteiger partial charge in [-0.2, -0.15) is 0 Å². The van der Waals surface area contributed by atoms with Crippen molar-refractivity contribution in [3.8, 4) is 11.5 Å². The molecular formula is C17H27NO4. The van der Waals surface area contributed by atoms with E-state index in [2.05, 4.69) is 0 Å². The first kappa shape index (κ1) is 17.1. The fourth-order valence-electron chi connectivity index (χ4n) is 3.16. The summed E-state index contributed by atoms with van der Waals surface area (Å²) < 4.78 is 11.8. The molecule has 1 aliphatic heterocycles. The average Bonchev–Trinajstić information content (AvgIpc) is 2.38. The largest absolute Gasteiger partial charge is 0.491 e. The maximum atomic E-state index is 10.9. The van der Waals surface area contributed by atoms with Gasteiger partial charge >= 0.3 is 0 Å². The van der Waals surface area contributed by atoms with Gasteiger partial charge in [0.2, 0.25) is 0 Å². The second-order valence-corrected chi connectivity index (χ2v) is 6.67. The summed E-state index contributed by atoms with van der Waals surface area (Å²) in [4.78, 5) is 1.93. The first-order chi connectivity index (χ1) is 10.3. The predicted octanol–water partition coefficient (Wildman–Crippen LogP) is 1.97. The van der Waals surface area contributed by atoms with Gasteiger partial charge in [0.05, 0.1) is 18.8 Å². The summed E-state index contributed by atoms with van der Waals surface area (Å²) in [6.45, 7) is 8.36. The van der Waals surface area contributed by atoms with Crippen LogP contribution in [0.15, 0.2) is 18.2 Å². The molecule has 1 aliphatic rings. The van der Waals surface area contributed by atoms with E-state index < -0.39 is 11.7 Å². The molecule has 5 heteroatoms. The lowest BCUT2D eigenvalue weighted by Gasteiger charge is -2.47. The summed E-state index contributed by atoms with van der Waals surface area (Å²) in [6, 6.07) is 5.30. The molecule has 1 aromatic rings. The minimum absolute atomic E-state index is 0.0408. The molecular weight excluding hydrogens is 282 g/mol. The first-order valence-corrected chi connectivity index (χ1v) is 7.75. The first-order valence-electron chi connectivity index (χ1n) is 7.75. The number of likely N-dealkylation sites (N-methyl/N-ethyl adjacent to an activating group) is 1. The van der Waals surface area contributed by atoms with Crippen molar-refractivity contribution in [1.29, 1.82) is 0 Å². The van der Waals surface area contributed by atoms with Crippen LogP contribution >= 0.6 is 0 Å². The third-order valence-electron chi connectivity index (χ3n) is 3.98. The smallest absolute Gasteiger partial charge is 0.126 e. The monoisotopic (exact) mass is 309 g/mol. The molecule has 0 radical (unpaired) electrons. The van der Waals surface area contributed by atoms with E-state index in [1.54, 1.807) is 0 Å². The van der Waals surface area contributed by atoms with Gasteiger partial charge in [-0.25, -0.2) is 0 Å². The number of aliphatic hydroxyl groups is 2. The molecule has 0 saturated carbocycles. The molecule has 1 heterocycles. The highest BCUT2D eigenvalue weighted by atomic mass is 16.5. The maximum Gasteiger partial charge on any atom is 0.126 e. The molecule has 2 rings (SSSR count). The number of aliphatic hydroxyl groups excluding tert-OH is 2. The van der Waals surface area contributed by atoms with Crippen LogP contribution in [0.25, 0.3) is 0 Å². The second-order valence-electron chi connectivity index (χ2n) is 6.67. The van der Waals surface area contributed by atoms with Gasteiger partial charge in [0, 0.05) is 12.1 Å². The van der Waals surface area contributed by atoms with Crippen molar-refractivity contribution in [2.24, 2.45) is 0 Å². The summed E-state index contributed by atoms with van der Waals surface area (Å²) in [5, 5.41) is 20.0. The molecule has 2 atom stereocenters. The van der Waals surface area contributed by atoms with Crippen LogP contribution < -0.4 is 9.47 Å². The van der Waals surface area contributed by atoms with Crippen molar-refractivity contribution >= 4 is 0 Å². The number of ether oxygens (including phenoxy) is 2. The van der Waals surface area contributed by atoms with Crippen LogP contribution in [-0.2, 0) is 0 Å². The van der Waals surface area contributed by atoms with Crippen LogP contribution in [-0.4, -0.2) is 53.1 Å². The van der Waals surface area contributed by atoms with Crippen LogP contribution in [0.3, 0.4) is 0 Å². The summed E-state index contributed by atoms with van der Waals surface area (Å²) >= 11 is 0. The molecule has 0 amide bonds. The Hall–Kier alpha value is -1.30. The van der Waals surface area contributed by atoms with Gasteiger partial charge in [-0.3, -0.25) is 4.90 Å². The van der Waals surface area contributed by atoms with Crippen LogP contribution in [0, 0.1) is 0 Å². The molecule has 0 aliphatic carbocycles.